The molecule has 1 aromatic heterocycles. The number of H-pyrrole nitrogens is 1. The number of nitrogens with zero attached hydrogens (tertiary/aromatic N) is 1. The number of hydrogen-bond donors (Lipinski definition) is 2. The van der Waals surface area contributed by atoms with Gasteiger partial charge in [-0.1, -0.05) is 6.07 Å². The van der Waals surface area contributed by atoms with Crippen LogP contribution in [0.15, 0.2) is 24.4 Å². The number of benzene rings is 1. The Labute approximate surface area is 116 Å². The van der Waals surface area contributed by atoms with Gasteiger partial charge in [0.15, 0.2) is 0 Å². The third-order valence-electron chi connectivity index (χ3n) is 3.51. The summed E-state index contributed by atoms with van der Waals surface area (Å²) in [6, 6.07) is 5.61. The molecule has 0 fully saturated rings. The Morgan fingerprint density at radius 1 is 1.25 bits per heavy atom. The van der Waals surface area contributed by atoms with Crippen LogP contribution in [0.5, 0.6) is 11.5 Å². The highest BCUT2D eigenvalue weighted by molar-refractivity contribution is 5.94. The Bertz CT molecular complexity index is 651. The zero-order valence-electron chi connectivity index (χ0n) is 11.3. The molecule has 0 bridgehead atoms. The summed E-state index contributed by atoms with van der Waals surface area (Å²) >= 11 is 0. The van der Waals surface area contributed by atoms with Gasteiger partial charge in [0, 0.05) is 29.5 Å². The summed E-state index contributed by atoms with van der Waals surface area (Å²) < 4.78 is 10.6. The first-order valence-corrected chi connectivity index (χ1v) is 6.28. The van der Waals surface area contributed by atoms with Crippen LogP contribution in [-0.2, 0) is 4.79 Å². The first-order chi connectivity index (χ1) is 9.72. The molecule has 104 valence electrons. The summed E-state index contributed by atoms with van der Waals surface area (Å²) in [6.07, 6.45) is 2.11. The Hall–Kier alpha value is -2.50. The van der Waals surface area contributed by atoms with Crippen molar-refractivity contribution < 1.29 is 14.3 Å². The van der Waals surface area contributed by atoms with Gasteiger partial charge >= 0.3 is 0 Å². The fraction of sp³-hybridized carbons (Fsp3) is 0.286. The minimum atomic E-state index is -0.0710. The second-order valence-electron chi connectivity index (χ2n) is 4.61. The molecule has 6 heteroatoms. The monoisotopic (exact) mass is 273 g/mol. The summed E-state index contributed by atoms with van der Waals surface area (Å²) in [7, 11) is 3.22. The molecule has 2 heterocycles. The average molecular weight is 273 g/mol. The van der Waals surface area contributed by atoms with Crippen LogP contribution in [0, 0.1) is 0 Å². The summed E-state index contributed by atoms with van der Waals surface area (Å²) in [5.74, 6) is 1.97. The smallest absolute Gasteiger partial charge is 0.226 e. The SMILES string of the molecule is COc1ccc([C@H]2CC(=O)Nc3[nH]ncc32)c(OC)c1. The Balaban J connectivity index is 2.08. The van der Waals surface area contributed by atoms with E-state index in [0.29, 0.717) is 18.0 Å². The molecule has 1 aliphatic rings. The lowest BCUT2D eigenvalue weighted by Crippen LogP contribution is -2.23. The van der Waals surface area contributed by atoms with Gasteiger partial charge in [-0.25, -0.2) is 0 Å². The molecule has 1 aromatic carbocycles. The number of aromatic nitrogens is 2. The third-order valence-corrected chi connectivity index (χ3v) is 3.51. The fourth-order valence-corrected chi connectivity index (χ4v) is 2.53. The first kappa shape index (κ1) is 12.5. The predicted octanol–water partition coefficient (Wildman–Crippen LogP) is 1.90. The number of fused-ring (bicyclic) bond motifs is 1. The van der Waals surface area contributed by atoms with Crippen LogP contribution in [0.4, 0.5) is 5.82 Å². The summed E-state index contributed by atoms with van der Waals surface area (Å²) in [6.45, 7) is 0. The normalized spacial score (nSPS) is 17.3. The lowest BCUT2D eigenvalue weighted by atomic mass is 9.87. The number of carbonyl (C=O) groups excluding carboxylic acids is 1. The quantitative estimate of drug-likeness (QED) is 0.895. The standard InChI is InChI=1S/C14H15N3O3/c1-19-8-3-4-9(12(5-8)20-2)10-6-13(18)16-14-11(10)7-15-17-14/h3-5,7,10H,6H2,1-2H3,(H2,15,16,17,18)/t10-/m1/s1. The molecule has 0 spiro atoms. The number of aromatic amines is 1. The predicted molar refractivity (Wildman–Crippen MR) is 73.2 cm³/mol. The maximum Gasteiger partial charge on any atom is 0.226 e. The molecule has 2 aromatic rings. The molecule has 0 unspecified atom stereocenters. The zero-order chi connectivity index (χ0) is 14.1. The van der Waals surface area contributed by atoms with E-state index in [1.165, 1.54) is 0 Å². The topological polar surface area (TPSA) is 76.2 Å². The van der Waals surface area contributed by atoms with E-state index in [2.05, 4.69) is 15.5 Å². The van der Waals surface area contributed by atoms with Crippen molar-refractivity contribution in [1.82, 2.24) is 10.2 Å². The molecular weight excluding hydrogens is 258 g/mol. The van der Waals surface area contributed by atoms with Crippen LogP contribution in [0.25, 0.3) is 0 Å². The molecule has 20 heavy (non-hydrogen) atoms. The molecule has 0 radical (unpaired) electrons. The minimum Gasteiger partial charge on any atom is -0.497 e. The van der Waals surface area contributed by atoms with Crippen molar-refractivity contribution in [1.29, 1.82) is 0 Å². The van der Waals surface area contributed by atoms with Gasteiger partial charge < -0.3 is 14.8 Å². The second kappa shape index (κ2) is 4.88. The largest absolute Gasteiger partial charge is 0.497 e. The van der Waals surface area contributed by atoms with E-state index in [1.807, 2.05) is 18.2 Å². The van der Waals surface area contributed by atoms with Gasteiger partial charge in [0.1, 0.15) is 17.3 Å². The second-order valence-corrected chi connectivity index (χ2v) is 4.61. The molecule has 1 atom stereocenters. The van der Waals surface area contributed by atoms with Crippen molar-refractivity contribution in [2.45, 2.75) is 12.3 Å². The fourth-order valence-electron chi connectivity index (χ4n) is 2.53. The summed E-state index contributed by atoms with van der Waals surface area (Å²) in [5.41, 5.74) is 1.92. The van der Waals surface area contributed by atoms with E-state index in [1.54, 1.807) is 20.4 Å². The van der Waals surface area contributed by atoms with Gasteiger partial charge in [-0.05, 0) is 6.07 Å². The molecule has 0 saturated carbocycles. The van der Waals surface area contributed by atoms with Crippen molar-refractivity contribution in [3.63, 3.8) is 0 Å². The van der Waals surface area contributed by atoms with E-state index in [4.69, 9.17) is 9.47 Å². The Kier molecular flexibility index (Phi) is 3.06. The number of nitrogens with one attached hydrogen (secondary N) is 2. The highest BCUT2D eigenvalue weighted by atomic mass is 16.5. The van der Waals surface area contributed by atoms with Crippen molar-refractivity contribution in [3.8, 4) is 11.5 Å². The first-order valence-electron chi connectivity index (χ1n) is 6.28. The highest BCUT2D eigenvalue weighted by Gasteiger charge is 2.30. The summed E-state index contributed by atoms with van der Waals surface area (Å²) in [5, 5.41) is 9.58. The van der Waals surface area contributed by atoms with Gasteiger partial charge in [0.05, 0.1) is 20.4 Å². The van der Waals surface area contributed by atoms with E-state index in [9.17, 15) is 4.79 Å². The van der Waals surface area contributed by atoms with Gasteiger partial charge in [0.2, 0.25) is 5.91 Å². The number of amides is 1. The molecule has 6 nitrogen and oxygen atoms in total. The highest BCUT2D eigenvalue weighted by Crippen LogP contribution is 2.40. The van der Waals surface area contributed by atoms with Crippen LogP contribution in [0.3, 0.4) is 0 Å². The van der Waals surface area contributed by atoms with Crippen molar-refractivity contribution in [2.75, 3.05) is 19.5 Å². The molecule has 3 rings (SSSR count). The van der Waals surface area contributed by atoms with E-state index < -0.39 is 0 Å². The Morgan fingerprint density at radius 3 is 2.85 bits per heavy atom. The van der Waals surface area contributed by atoms with Crippen LogP contribution >= 0.6 is 0 Å². The minimum absolute atomic E-state index is 0.0374. The number of ether oxygens (including phenoxy) is 2. The maximum absolute atomic E-state index is 11.8. The van der Waals surface area contributed by atoms with Gasteiger partial charge in [-0.2, -0.15) is 5.10 Å². The number of hydrogen-bond acceptors (Lipinski definition) is 4. The third kappa shape index (κ3) is 1.99. The lowest BCUT2D eigenvalue weighted by Gasteiger charge is -2.24. The number of methoxy groups -OCH3 is 2. The van der Waals surface area contributed by atoms with Crippen molar-refractivity contribution >= 4 is 11.7 Å². The maximum atomic E-state index is 11.8. The number of carbonyl (C=O) groups is 1. The molecule has 0 saturated heterocycles. The van der Waals surface area contributed by atoms with Crippen LogP contribution in [0.2, 0.25) is 0 Å². The van der Waals surface area contributed by atoms with E-state index in [0.717, 1.165) is 16.9 Å². The molecule has 1 aliphatic heterocycles. The lowest BCUT2D eigenvalue weighted by molar-refractivity contribution is -0.116. The van der Waals surface area contributed by atoms with Gasteiger partial charge in [0.25, 0.3) is 0 Å². The zero-order valence-corrected chi connectivity index (χ0v) is 11.3. The summed E-state index contributed by atoms with van der Waals surface area (Å²) in [4.78, 5) is 11.8. The van der Waals surface area contributed by atoms with Crippen molar-refractivity contribution in [3.05, 3.63) is 35.5 Å². The van der Waals surface area contributed by atoms with Crippen LogP contribution in [0.1, 0.15) is 23.5 Å². The number of anilines is 1. The van der Waals surface area contributed by atoms with Gasteiger partial charge in [-0.15, -0.1) is 0 Å². The van der Waals surface area contributed by atoms with Crippen LogP contribution < -0.4 is 14.8 Å². The van der Waals surface area contributed by atoms with E-state index >= 15 is 0 Å². The molecule has 0 aliphatic carbocycles. The number of rotatable bonds is 3. The average Bonchev–Trinajstić information content (AvgIpc) is 2.93. The molecular formula is C14H15N3O3. The van der Waals surface area contributed by atoms with Gasteiger partial charge in [-0.3, -0.25) is 9.89 Å². The van der Waals surface area contributed by atoms with Crippen LogP contribution in [-0.4, -0.2) is 30.3 Å². The molecule has 2 N–H and O–H groups in total. The van der Waals surface area contributed by atoms with E-state index in [-0.39, 0.29) is 11.8 Å². The molecule has 1 amide bonds. The van der Waals surface area contributed by atoms with Crippen molar-refractivity contribution in [2.24, 2.45) is 0 Å². The Morgan fingerprint density at radius 2 is 2.10 bits per heavy atom.